The smallest absolute Gasteiger partial charge is 0.261 e. The van der Waals surface area contributed by atoms with Crippen molar-refractivity contribution in [3.05, 3.63) is 71.8 Å². The summed E-state index contributed by atoms with van der Waals surface area (Å²) in [7, 11) is -3.72. The van der Waals surface area contributed by atoms with Crippen molar-refractivity contribution in [2.75, 3.05) is 10.0 Å². The first-order chi connectivity index (χ1) is 12.9. The number of nitrogens with zero attached hydrogens (tertiary/aromatic N) is 1. The van der Waals surface area contributed by atoms with E-state index in [1.807, 2.05) is 6.92 Å². The van der Waals surface area contributed by atoms with Crippen LogP contribution < -0.4 is 10.0 Å². The molecule has 0 radical (unpaired) electrons. The molecule has 3 N–H and O–H groups in total. The van der Waals surface area contributed by atoms with Crippen molar-refractivity contribution in [1.82, 2.24) is 9.97 Å². The van der Waals surface area contributed by atoms with Gasteiger partial charge in [-0.3, -0.25) is 9.52 Å². The number of hydrogen-bond donors (Lipinski definition) is 3. The molecule has 136 valence electrons. The molecule has 2 aromatic carbocycles. The maximum Gasteiger partial charge on any atom is 0.261 e. The lowest BCUT2D eigenvalue weighted by Crippen LogP contribution is -2.13. The summed E-state index contributed by atoms with van der Waals surface area (Å²) in [6.45, 7) is 1.89. The van der Waals surface area contributed by atoms with Crippen LogP contribution in [0.2, 0.25) is 0 Å². The third-order valence-corrected chi connectivity index (χ3v) is 5.60. The number of aromatic amines is 1. The molecule has 4 rings (SSSR count). The summed E-state index contributed by atoms with van der Waals surface area (Å²) in [6.07, 6.45) is 4.79. The van der Waals surface area contributed by atoms with Crippen LogP contribution in [0.1, 0.15) is 16.8 Å². The molecule has 1 amide bonds. The van der Waals surface area contributed by atoms with Gasteiger partial charge >= 0.3 is 0 Å². The summed E-state index contributed by atoms with van der Waals surface area (Å²) in [5.74, 6) is -0.252. The third-order valence-electron chi connectivity index (χ3n) is 4.21. The average molecular weight is 380 g/mol. The Kier molecular flexibility index (Phi) is 4.04. The number of H-pyrrole nitrogens is 1. The Balaban J connectivity index is 1.68. The highest BCUT2D eigenvalue weighted by Gasteiger charge is 2.25. The van der Waals surface area contributed by atoms with Crippen molar-refractivity contribution in [3.63, 3.8) is 0 Å². The van der Waals surface area contributed by atoms with Crippen molar-refractivity contribution in [3.8, 4) is 0 Å². The summed E-state index contributed by atoms with van der Waals surface area (Å²) in [6, 6.07) is 11.5. The van der Waals surface area contributed by atoms with Crippen molar-refractivity contribution in [2.45, 2.75) is 11.8 Å². The van der Waals surface area contributed by atoms with E-state index in [1.165, 1.54) is 6.33 Å². The molecule has 1 aromatic heterocycles. The number of carbonyl (C=O) groups excluding carboxylic acids is 1. The van der Waals surface area contributed by atoms with Crippen molar-refractivity contribution >= 4 is 39.0 Å². The average Bonchev–Trinajstić information content (AvgIpc) is 3.24. The first-order valence-corrected chi connectivity index (χ1v) is 9.66. The molecule has 0 saturated carbocycles. The van der Waals surface area contributed by atoms with Crippen LogP contribution in [0.4, 0.5) is 11.4 Å². The van der Waals surface area contributed by atoms with Gasteiger partial charge in [0.25, 0.3) is 15.9 Å². The van der Waals surface area contributed by atoms with Gasteiger partial charge in [-0.1, -0.05) is 17.7 Å². The van der Waals surface area contributed by atoms with E-state index in [9.17, 15) is 13.2 Å². The molecule has 0 aliphatic carbocycles. The Hall–Kier alpha value is -3.39. The van der Waals surface area contributed by atoms with E-state index in [2.05, 4.69) is 20.0 Å². The topological polar surface area (TPSA) is 104 Å². The molecule has 1 aliphatic heterocycles. The van der Waals surface area contributed by atoms with Gasteiger partial charge in [-0.2, -0.15) is 0 Å². The Bertz CT molecular complexity index is 1150. The quantitative estimate of drug-likeness (QED) is 0.605. The zero-order chi connectivity index (χ0) is 19.0. The Morgan fingerprint density at radius 3 is 2.59 bits per heavy atom. The molecule has 8 heteroatoms. The lowest BCUT2D eigenvalue weighted by atomic mass is 10.1. The van der Waals surface area contributed by atoms with Gasteiger partial charge in [0, 0.05) is 16.9 Å². The van der Waals surface area contributed by atoms with Gasteiger partial charge in [0.2, 0.25) is 0 Å². The molecule has 7 nitrogen and oxygen atoms in total. The van der Waals surface area contributed by atoms with Crippen molar-refractivity contribution in [1.29, 1.82) is 0 Å². The molecule has 0 unspecified atom stereocenters. The van der Waals surface area contributed by atoms with Crippen LogP contribution in [0.5, 0.6) is 0 Å². The zero-order valence-electron chi connectivity index (χ0n) is 14.4. The Labute approximate surface area is 156 Å². The first kappa shape index (κ1) is 17.0. The van der Waals surface area contributed by atoms with Crippen LogP contribution in [0.15, 0.2) is 59.9 Å². The summed E-state index contributed by atoms with van der Waals surface area (Å²) in [4.78, 5) is 19.3. The summed E-state index contributed by atoms with van der Waals surface area (Å²) < 4.78 is 27.8. The molecular weight excluding hydrogens is 364 g/mol. The first-order valence-electron chi connectivity index (χ1n) is 8.18. The van der Waals surface area contributed by atoms with Crippen LogP contribution in [-0.2, 0) is 14.8 Å². The number of carbonyl (C=O) groups is 1. The number of rotatable bonds is 4. The SMILES string of the molecule is Cc1ccc(S(=O)(=O)Nc2ccc3c(c2)/C(=C\c2cnc[nH]2)C(=O)N3)cc1. The molecule has 0 saturated heterocycles. The normalized spacial score (nSPS) is 14.9. The molecule has 0 atom stereocenters. The van der Waals surface area contributed by atoms with Crippen LogP contribution in [-0.4, -0.2) is 24.3 Å². The number of fused-ring (bicyclic) bond motifs is 1. The number of sulfonamides is 1. The number of aromatic nitrogens is 2. The lowest BCUT2D eigenvalue weighted by molar-refractivity contribution is -0.110. The fraction of sp³-hybridized carbons (Fsp3) is 0.0526. The number of imidazole rings is 1. The second-order valence-corrected chi connectivity index (χ2v) is 7.88. The molecule has 27 heavy (non-hydrogen) atoms. The maximum absolute atomic E-state index is 12.6. The third kappa shape index (κ3) is 3.34. The number of aryl methyl sites for hydroxylation is 1. The molecule has 3 aromatic rings. The van der Waals surface area contributed by atoms with E-state index in [4.69, 9.17) is 0 Å². The van der Waals surface area contributed by atoms with Gasteiger partial charge in [0.15, 0.2) is 0 Å². The second-order valence-electron chi connectivity index (χ2n) is 6.20. The minimum atomic E-state index is -3.72. The van der Waals surface area contributed by atoms with Crippen LogP contribution in [0.25, 0.3) is 11.6 Å². The van der Waals surface area contributed by atoms with Crippen LogP contribution in [0, 0.1) is 6.92 Å². The minimum absolute atomic E-state index is 0.177. The van der Waals surface area contributed by atoms with E-state index in [0.29, 0.717) is 28.2 Å². The maximum atomic E-state index is 12.6. The predicted molar refractivity (Wildman–Crippen MR) is 104 cm³/mol. The fourth-order valence-corrected chi connectivity index (χ4v) is 3.88. The van der Waals surface area contributed by atoms with Gasteiger partial charge in [-0.15, -0.1) is 0 Å². The molecular formula is C19H16N4O3S. The fourth-order valence-electron chi connectivity index (χ4n) is 2.83. The highest BCUT2D eigenvalue weighted by molar-refractivity contribution is 7.92. The summed E-state index contributed by atoms with van der Waals surface area (Å²) >= 11 is 0. The van der Waals surface area contributed by atoms with Crippen LogP contribution in [0.3, 0.4) is 0 Å². The van der Waals surface area contributed by atoms with Crippen LogP contribution >= 0.6 is 0 Å². The van der Waals surface area contributed by atoms with E-state index < -0.39 is 10.0 Å². The van der Waals surface area contributed by atoms with E-state index >= 15 is 0 Å². The Morgan fingerprint density at radius 1 is 1.11 bits per heavy atom. The molecule has 0 fully saturated rings. The summed E-state index contributed by atoms with van der Waals surface area (Å²) in [5.41, 5.74) is 3.72. The predicted octanol–water partition coefficient (Wildman–Crippen LogP) is 3.01. The van der Waals surface area contributed by atoms with E-state index in [0.717, 1.165) is 5.56 Å². The van der Waals surface area contributed by atoms with Gasteiger partial charge in [-0.25, -0.2) is 13.4 Å². The monoisotopic (exact) mass is 380 g/mol. The van der Waals surface area contributed by atoms with Crippen molar-refractivity contribution < 1.29 is 13.2 Å². The van der Waals surface area contributed by atoms with Gasteiger partial charge in [-0.05, 0) is 43.3 Å². The molecule has 2 heterocycles. The Morgan fingerprint density at radius 2 is 1.89 bits per heavy atom. The second kappa shape index (κ2) is 6.40. The largest absolute Gasteiger partial charge is 0.345 e. The van der Waals surface area contributed by atoms with E-state index in [1.54, 1.807) is 54.7 Å². The number of benzene rings is 2. The number of nitrogens with one attached hydrogen (secondary N) is 3. The van der Waals surface area contributed by atoms with Crippen molar-refractivity contribution in [2.24, 2.45) is 0 Å². The molecule has 1 aliphatic rings. The number of anilines is 2. The molecule has 0 bridgehead atoms. The highest BCUT2D eigenvalue weighted by atomic mass is 32.2. The lowest BCUT2D eigenvalue weighted by Gasteiger charge is -2.10. The van der Waals surface area contributed by atoms with Gasteiger partial charge in [0.05, 0.1) is 28.7 Å². The highest BCUT2D eigenvalue weighted by Crippen LogP contribution is 2.35. The zero-order valence-corrected chi connectivity index (χ0v) is 15.2. The minimum Gasteiger partial charge on any atom is -0.345 e. The van der Waals surface area contributed by atoms with E-state index in [-0.39, 0.29) is 10.8 Å². The standard InChI is InChI=1S/C19H16N4O3S/c1-12-2-5-15(6-3-12)27(25,26)23-13-4-7-18-16(8-13)17(19(24)22-18)9-14-10-20-11-21-14/h2-11,23H,1H3,(H,20,21)(H,22,24)/b17-9+. The van der Waals surface area contributed by atoms with Gasteiger partial charge in [0.1, 0.15) is 0 Å². The van der Waals surface area contributed by atoms with Gasteiger partial charge < -0.3 is 10.3 Å². The number of hydrogen-bond acceptors (Lipinski definition) is 4. The number of amides is 1. The summed E-state index contributed by atoms with van der Waals surface area (Å²) in [5, 5.41) is 2.77. The molecule has 0 spiro atoms.